The van der Waals surface area contributed by atoms with E-state index in [0.717, 1.165) is 43.9 Å². The van der Waals surface area contributed by atoms with E-state index in [4.69, 9.17) is 0 Å². The van der Waals surface area contributed by atoms with Crippen molar-refractivity contribution in [3.8, 4) is 5.69 Å². The third-order valence-electron chi connectivity index (χ3n) is 5.58. The lowest BCUT2D eigenvalue weighted by molar-refractivity contribution is -0.134. The van der Waals surface area contributed by atoms with Crippen molar-refractivity contribution >= 4 is 5.91 Å². The summed E-state index contributed by atoms with van der Waals surface area (Å²) in [7, 11) is 0. The number of hydrogen-bond donors (Lipinski definition) is 1. The van der Waals surface area contributed by atoms with Gasteiger partial charge in [-0.3, -0.25) is 4.79 Å². The fourth-order valence-electron chi connectivity index (χ4n) is 4.12. The molecular formula is C18H24N6O. The summed E-state index contributed by atoms with van der Waals surface area (Å²) in [5.74, 6) is 0.243. The highest BCUT2D eigenvalue weighted by molar-refractivity contribution is 5.79. The van der Waals surface area contributed by atoms with E-state index in [2.05, 4.69) is 25.7 Å². The van der Waals surface area contributed by atoms with Gasteiger partial charge < -0.3 is 10.2 Å². The molecule has 0 aliphatic carbocycles. The van der Waals surface area contributed by atoms with Crippen LogP contribution >= 0.6 is 0 Å². The Morgan fingerprint density at radius 3 is 2.68 bits per heavy atom. The number of carbonyl (C=O) groups is 1. The predicted molar refractivity (Wildman–Crippen MR) is 93.2 cm³/mol. The number of likely N-dealkylation sites (tertiary alicyclic amines) is 1. The molecule has 2 aliphatic heterocycles. The number of hydrogen-bond acceptors (Lipinski definition) is 5. The first-order chi connectivity index (χ1) is 12.2. The summed E-state index contributed by atoms with van der Waals surface area (Å²) in [5.41, 5.74) is 2.28. The highest BCUT2D eigenvalue weighted by Gasteiger charge is 2.37. The summed E-state index contributed by atoms with van der Waals surface area (Å²) in [5, 5.41) is 14.6. The van der Waals surface area contributed by atoms with Gasteiger partial charge >= 0.3 is 0 Å². The van der Waals surface area contributed by atoms with Crippen molar-refractivity contribution in [2.24, 2.45) is 5.41 Å². The van der Waals surface area contributed by atoms with Crippen molar-refractivity contribution in [2.45, 2.75) is 32.1 Å². The normalized spacial score (nSPS) is 19.9. The molecule has 1 aromatic carbocycles. The molecule has 3 heterocycles. The second kappa shape index (κ2) is 6.92. The maximum absolute atomic E-state index is 12.8. The van der Waals surface area contributed by atoms with Gasteiger partial charge in [0.05, 0.1) is 12.1 Å². The molecule has 2 aliphatic rings. The number of tetrazole rings is 1. The Hall–Kier alpha value is -2.28. The fourth-order valence-corrected chi connectivity index (χ4v) is 4.12. The molecule has 1 aromatic heterocycles. The molecule has 0 unspecified atom stereocenters. The molecule has 1 spiro atoms. The van der Waals surface area contributed by atoms with Crippen molar-refractivity contribution in [3.05, 3.63) is 36.2 Å². The van der Waals surface area contributed by atoms with E-state index < -0.39 is 0 Å². The van der Waals surface area contributed by atoms with Gasteiger partial charge in [-0.1, -0.05) is 12.1 Å². The molecule has 2 fully saturated rings. The molecule has 0 radical (unpaired) electrons. The van der Waals surface area contributed by atoms with Gasteiger partial charge in [0.25, 0.3) is 0 Å². The average molecular weight is 340 g/mol. The van der Waals surface area contributed by atoms with Crippen molar-refractivity contribution in [1.29, 1.82) is 0 Å². The summed E-state index contributed by atoms with van der Waals surface area (Å²) in [6.45, 7) is 3.99. The van der Waals surface area contributed by atoms with Crippen LogP contribution in [0.3, 0.4) is 0 Å². The highest BCUT2D eigenvalue weighted by atomic mass is 16.2. The van der Waals surface area contributed by atoms with Crippen LogP contribution in [0.4, 0.5) is 0 Å². The second-order valence-electron chi connectivity index (χ2n) is 7.27. The standard InChI is InChI=1S/C18H24N6O/c25-17(23-11-1-6-18(13-23)7-9-19-10-8-18)12-15-2-4-16(5-3-15)24-14-20-21-22-24/h2-5,14,19H,1,6-13H2. The first kappa shape index (κ1) is 16.2. The number of carbonyl (C=O) groups excluding carboxylic acids is 1. The number of piperidine rings is 2. The summed E-state index contributed by atoms with van der Waals surface area (Å²) >= 11 is 0. The third kappa shape index (κ3) is 3.56. The molecule has 2 aromatic rings. The zero-order chi connectivity index (χ0) is 17.1. The SMILES string of the molecule is O=C(Cc1ccc(-n2cnnn2)cc1)N1CCCC2(CCNCC2)C1. The lowest BCUT2D eigenvalue weighted by Gasteiger charge is -2.45. The smallest absolute Gasteiger partial charge is 0.227 e. The average Bonchev–Trinajstić information content (AvgIpc) is 3.18. The number of nitrogens with one attached hydrogen (secondary N) is 1. The Labute approximate surface area is 147 Å². The van der Waals surface area contributed by atoms with E-state index >= 15 is 0 Å². The Balaban J connectivity index is 1.39. The van der Waals surface area contributed by atoms with Gasteiger partial charge in [0, 0.05) is 13.1 Å². The molecule has 0 atom stereocenters. The molecule has 0 saturated carbocycles. The minimum atomic E-state index is 0.243. The Morgan fingerprint density at radius 2 is 1.96 bits per heavy atom. The largest absolute Gasteiger partial charge is 0.342 e. The summed E-state index contributed by atoms with van der Waals surface area (Å²) in [6, 6.07) is 7.87. The van der Waals surface area contributed by atoms with Crippen LogP contribution in [0.5, 0.6) is 0 Å². The number of aromatic nitrogens is 4. The third-order valence-corrected chi connectivity index (χ3v) is 5.58. The summed E-state index contributed by atoms with van der Waals surface area (Å²) in [4.78, 5) is 14.9. The van der Waals surface area contributed by atoms with Gasteiger partial charge in [0.15, 0.2) is 0 Å². The van der Waals surface area contributed by atoms with Crippen LogP contribution in [0.2, 0.25) is 0 Å². The molecule has 132 valence electrons. The molecular weight excluding hydrogens is 316 g/mol. The summed E-state index contributed by atoms with van der Waals surface area (Å²) in [6.07, 6.45) is 6.80. The zero-order valence-electron chi connectivity index (χ0n) is 14.4. The second-order valence-corrected chi connectivity index (χ2v) is 7.27. The first-order valence-corrected chi connectivity index (χ1v) is 9.05. The molecule has 7 heteroatoms. The van der Waals surface area contributed by atoms with E-state index in [1.165, 1.54) is 19.3 Å². The van der Waals surface area contributed by atoms with Gasteiger partial charge in [-0.05, 0) is 72.3 Å². The van der Waals surface area contributed by atoms with Gasteiger partial charge in [0.2, 0.25) is 5.91 Å². The van der Waals surface area contributed by atoms with Crippen molar-refractivity contribution < 1.29 is 4.79 Å². The maximum Gasteiger partial charge on any atom is 0.227 e. The van der Waals surface area contributed by atoms with E-state index in [-0.39, 0.29) is 5.91 Å². The van der Waals surface area contributed by atoms with Gasteiger partial charge in [-0.15, -0.1) is 5.10 Å². The number of amides is 1. The van der Waals surface area contributed by atoms with Crippen LogP contribution in [0, 0.1) is 5.41 Å². The molecule has 1 amide bonds. The van der Waals surface area contributed by atoms with Crippen LogP contribution < -0.4 is 5.32 Å². The van der Waals surface area contributed by atoms with Gasteiger partial charge in [0.1, 0.15) is 6.33 Å². The van der Waals surface area contributed by atoms with E-state index in [1.807, 2.05) is 24.3 Å². The highest BCUT2D eigenvalue weighted by Crippen LogP contribution is 2.38. The fraction of sp³-hybridized carbons (Fsp3) is 0.556. The number of nitrogens with zero attached hydrogens (tertiary/aromatic N) is 5. The van der Waals surface area contributed by atoms with Crippen molar-refractivity contribution in [3.63, 3.8) is 0 Å². The Kier molecular flexibility index (Phi) is 4.48. The Bertz CT molecular complexity index is 700. The van der Waals surface area contributed by atoms with Crippen LogP contribution in [0.1, 0.15) is 31.2 Å². The van der Waals surface area contributed by atoms with Gasteiger partial charge in [-0.25, -0.2) is 4.68 Å². The van der Waals surface area contributed by atoms with Crippen LogP contribution in [0.15, 0.2) is 30.6 Å². The quantitative estimate of drug-likeness (QED) is 0.908. The van der Waals surface area contributed by atoms with Crippen LogP contribution in [-0.4, -0.2) is 57.2 Å². The molecule has 4 rings (SSSR count). The van der Waals surface area contributed by atoms with Crippen LogP contribution in [-0.2, 0) is 11.2 Å². The number of rotatable bonds is 3. The lowest BCUT2D eigenvalue weighted by atomic mass is 9.73. The molecule has 25 heavy (non-hydrogen) atoms. The molecule has 0 bridgehead atoms. The van der Waals surface area contributed by atoms with Crippen molar-refractivity contribution in [1.82, 2.24) is 30.4 Å². The van der Waals surface area contributed by atoms with E-state index in [1.54, 1.807) is 11.0 Å². The van der Waals surface area contributed by atoms with Crippen molar-refractivity contribution in [2.75, 3.05) is 26.2 Å². The van der Waals surface area contributed by atoms with E-state index in [0.29, 0.717) is 11.8 Å². The Morgan fingerprint density at radius 1 is 1.16 bits per heavy atom. The van der Waals surface area contributed by atoms with Crippen LogP contribution in [0.25, 0.3) is 5.69 Å². The first-order valence-electron chi connectivity index (χ1n) is 9.05. The molecule has 7 nitrogen and oxygen atoms in total. The van der Waals surface area contributed by atoms with E-state index in [9.17, 15) is 4.79 Å². The zero-order valence-corrected chi connectivity index (χ0v) is 14.4. The minimum Gasteiger partial charge on any atom is -0.342 e. The van der Waals surface area contributed by atoms with Gasteiger partial charge in [-0.2, -0.15) is 0 Å². The minimum absolute atomic E-state index is 0.243. The predicted octanol–water partition coefficient (Wildman–Crippen LogP) is 1.20. The topological polar surface area (TPSA) is 75.9 Å². The molecule has 2 saturated heterocycles. The molecule has 1 N–H and O–H groups in total. The number of benzene rings is 1. The maximum atomic E-state index is 12.8. The lowest BCUT2D eigenvalue weighted by Crippen LogP contribution is -2.50. The monoisotopic (exact) mass is 340 g/mol. The summed E-state index contributed by atoms with van der Waals surface area (Å²) < 4.78 is 1.61.